The van der Waals surface area contributed by atoms with Crippen molar-refractivity contribution in [2.24, 2.45) is 5.73 Å². The maximum atomic E-state index is 11.9. The zero-order valence-electron chi connectivity index (χ0n) is 9.36. The van der Waals surface area contributed by atoms with Gasteiger partial charge in [0.05, 0.1) is 17.3 Å². The predicted molar refractivity (Wildman–Crippen MR) is 65.5 cm³/mol. The highest BCUT2D eigenvalue weighted by atomic mass is 16.2. The highest BCUT2D eigenvalue weighted by molar-refractivity contribution is 5.99. The molecule has 1 amide bonds. The number of rotatable bonds is 2. The normalized spacial score (nSPS) is 17.7. The molecule has 0 atom stereocenters. The fraction of sp³-hybridized carbons (Fsp3) is 0.333. The van der Waals surface area contributed by atoms with Gasteiger partial charge in [0, 0.05) is 11.1 Å². The first-order valence-corrected chi connectivity index (χ1v) is 5.71. The van der Waals surface area contributed by atoms with E-state index >= 15 is 0 Å². The summed E-state index contributed by atoms with van der Waals surface area (Å²) in [5, 5.41) is 10.7. The largest absolute Gasteiger partial charge is 0.324 e. The van der Waals surface area contributed by atoms with Crippen LogP contribution in [-0.4, -0.2) is 21.6 Å². The molecule has 88 valence electrons. The van der Waals surface area contributed by atoms with Crippen molar-refractivity contribution in [3.05, 3.63) is 24.4 Å². The Bertz CT molecular complexity index is 571. The summed E-state index contributed by atoms with van der Waals surface area (Å²) in [6.45, 7) is 0. The van der Waals surface area contributed by atoms with E-state index in [9.17, 15) is 4.79 Å². The number of nitrogens with zero attached hydrogens (tertiary/aromatic N) is 1. The van der Waals surface area contributed by atoms with Gasteiger partial charge >= 0.3 is 0 Å². The van der Waals surface area contributed by atoms with Gasteiger partial charge < -0.3 is 11.1 Å². The number of hydrogen-bond donors (Lipinski definition) is 3. The molecule has 1 heterocycles. The van der Waals surface area contributed by atoms with Gasteiger partial charge in [-0.25, -0.2) is 0 Å². The maximum Gasteiger partial charge on any atom is 0.244 e. The van der Waals surface area contributed by atoms with E-state index in [1.807, 2.05) is 18.2 Å². The van der Waals surface area contributed by atoms with E-state index < -0.39 is 5.54 Å². The van der Waals surface area contributed by atoms with Crippen LogP contribution in [0.4, 0.5) is 5.69 Å². The Labute approximate surface area is 98.4 Å². The number of nitrogens with two attached hydrogens (primary N) is 1. The first kappa shape index (κ1) is 10.3. The third-order valence-corrected chi connectivity index (χ3v) is 3.40. The number of benzene rings is 1. The van der Waals surface area contributed by atoms with Crippen LogP contribution >= 0.6 is 0 Å². The summed E-state index contributed by atoms with van der Waals surface area (Å²) < 4.78 is 0. The molecular weight excluding hydrogens is 216 g/mol. The van der Waals surface area contributed by atoms with Gasteiger partial charge in [0.1, 0.15) is 0 Å². The minimum Gasteiger partial charge on any atom is -0.324 e. The highest BCUT2D eigenvalue weighted by Gasteiger charge is 2.40. The molecule has 1 aliphatic rings. The van der Waals surface area contributed by atoms with Crippen LogP contribution in [0.3, 0.4) is 0 Å². The molecule has 5 heteroatoms. The van der Waals surface area contributed by atoms with E-state index in [1.54, 1.807) is 6.20 Å². The summed E-state index contributed by atoms with van der Waals surface area (Å²) in [6.07, 6.45) is 4.32. The number of anilines is 1. The van der Waals surface area contributed by atoms with Crippen molar-refractivity contribution in [1.29, 1.82) is 0 Å². The van der Waals surface area contributed by atoms with Crippen molar-refractivity contribution in [1.82, 2.24) is 10.2 Å². The molecule has 1 aromatic heterocycles. The summed E-state index contributed by atoms with van der Waals surface area (Å²) in [7, 11) is 0. The lowest BCUT2D eigenvalue weighted by molar-refractivity contribution is -0.123. The average Bonchev–Trinajstić information content (AvgIpc) is 2.73. The van der Waals surface area contributed by atoms with Crippen LogP contribution in [0.25, 0.3) is 10.9 Å². The Morgan fingerprint density at radius 3 is 3.00 bits per heavy atom. The number of amides is 1. The molecule has 17 heavy (non-hydrogen) atoms. The van der Waals surface area contributed by atoms with Gasteiger partial charge in [-0.2, -0.15) is 5.10 Å². The second-order valence-corrected chi connectivity index (χ2v) is 4.64. The van der Waals surface area contributed by atoms with Crippen molar-refractivity contribution in [3.63, 3.8) is 0 Å². The Balaban J connectivity index is 1.82. The van der Waals surface area contributed by atoms with Crippen LogP contribution in [-0.2, 0) is 4.79 Å². The van der Waals surface area contributed by atoms with Crippen molar-refractivity contribution in [2.75, 3.05) is 5.32 Å². The van der Waals surface area contributed by atoms with E-state index in [2.05, 4.69) is 15.5 Å². The van der Waals surface area contributed by atoms with E-state index in [-0.39, 0.29) is 5.91 Å². The number of H-pyrrole nitrogens is 1. The molecule has 0 unspecified atom stereocenters. The summed E-state index contributed by atoms with van der Waals surface area (Å²) in [5.41, 5.74) is 6.95. The lowest BCUT2D eigenvalue weighted by Gasteiger charge is -2.36. The van der Waals surface area contributed by atoms with Crippen LogP contribution in [0.1, 0.15) is 19.3 Å². The molecular formula is C12H14N4O. The summed E-state index contributed by atoms with van der Waals surface area (Å²) in [5.74, 6) is -0.0948. The Morgan fingerprint density at radius 1 is 1.47 bits per heavy atom. The number of aromatic nitrogens is 2. The molecule has 0 bridgehead atoms. The molecule has 3 rings (SSSR count). The molecule has 1 aliphatic carbocycles. The molecule has 1 saturated carbocycles. The highest BCUT2D eigenvalue weighted by Crippen LogP contribution is 2.30. The van der Waals surface area contributed by atoms with Gasteiger partial charge in [-0.3, -0.25) is 9.89 Å². The van der Waals surface area contributed by atoms with E-state index in [1.165, 1.54) is 0 Å². The molecule has 5 nitrogen and oxygen atoms in total. The van der Waals surface area contributed by atoms with Gasteiger partial charge in [0.2, 0.25) is 5.91 Å². The minimum atomic E-state index is -0.664. The molecule has 2 aromatic rings. The second kappa shape index (κ2) is 3.56. The van der Waals surface area contributed by atoms with Gasteiger partial charge in [0.25, 0.3) is 0 Å². The van der Waals surface area contributed by atoms with Gasteiger partial charge in [-0.1, -0.05) is 0 Å². The lowest BCUT2D eigenvalue weighted by Crippen LogP contribution is -2.56. The zero-order chi connectivity index (χ0) is 11.9. The van der Waals surface area contributed by atoms with Crippen LogP contribution in [0.15, 0.2) is 24.4 Å². The SMILES string of the molecule is NC1(C(=O)Nc2ccc3cn[nH]c3c2)CCC1. The monoisotopic (exact) mass is 230 g/mol. The van der Waals surface area contributed by atoms with Crippen LogP contribution < -0.4 is 11.1 Å². The molecule has 0 aliphatic heterocycles. The summed E-state index contributed by atoms with van der Waals surface area (Å²) >= 11 is 0. The number of fused-ring (bicyclic) bond motifs is 1. The first-order valence-electron chi connectivity index (χ1n) is 5.71. The predicted octanol–water partition coefficient (Wildman–Crippen LogP) is 1.38. The summed E-state index contributed by atoms with van der Waals surface area (Å²) in [4.78, 5) is 11.9. The topological polar surface area (TPSA) is 83.8 Å². The van der Waals surface area contributed by atoms with Crippen molar-refractivity contribution in [3.8, 4) is 0 Å². The molecule has 0 spiro atoms. The van der Waals surface area contributed by atoms with E-state index in [4.69, 9.17) is 5.73 Å². The first-order chi connectivity index (χ1) is 8.17. The van der Waals surface area contributed by atoms with Crippen LogP contribution in [0.2, 0.25) is 0 Å². The molecule has 4 N–H and O–H groups in total. The third-order valence-electron chi connectivity index (χ3n) is 3.40. The standard InChI is InChI=1S/C12H14N4O/c13-12(4-1-5-12)11(17)15-9-3-2-8-7-14-16-10(8)6-9/h2-3,6-7H,1,4-5,13H2,(H,14,16)(H,15,17). The number of nitrogens with one attached hydrogen (secondary N) is 2. The van der Waals surface area contributed by atoms with Gasteiger partial charge in [-0.05, 0) is 37.5 Å². The average molecular weight is 230 g/mol. The van der Waals surface area contributed by atoms with Crippen LogP contribution in [0, 0.1) is 0 Å². The minimum absolute atomic E-state index is 0.0948. The second-order valence-electron chi connectivity index (χ2n) is 4.64. The Morgan fingerprint density at radius 2 is 2.29 bits per heavy atom. The van der Waals surface area contributed by atoms with Crippen LogP contribution in [0.5, 0.6) is 0 Å². The quantitative estimate of drug-likeness (QED) is 0.728. The van der Waals surface area contributed by atoms with Crippen molar-refractivity contribution < 1.29 is 4.79 Å². The van der Waals surface area contributed by atoms with Gasteiger partial charge in [0.15, 0.2) is 0 Å². The summed E-state index contributed by atoms with van der Waals surface area (Å²) in [6, 6.07) is 5.64. The number of carbonyl (C=O) groups is 1. The Kier molecular flexibility index (Phi) is 2.16. The molecule has 0 radical (unpaired) electrons. The fourth-order valence-electron chi connectivity index (χ4n) is 2.06. The van der Waals surface area contributed by atoms with E-state index in [0.29, 0.717) is 0 Å². The lowest BCUT2D eigenvalue weighted by atomic mass is 9.77. The van der Waals surface area contributed by atoms with E-state index in [0.717, 1.165) is 35.9 Å². The number of aromatic amines is 1. The number of carbonyl (C=O) groups excluding carboxylic acids is 1. The molecule has 1 aromatic carbocycles. The zero-order valence-corrected chi connectivity index (χ0v) is 9.36. The third kappa shape index (κ3) is 1.68. The van der Waals surface area contributed by atoms with Gasteiger partial charge in [-0.15, -0.1) is 0 Å². The van der Waals surface area contributed by atoms with Crippen molar-refractivity contribution >= 4 is 22.5 Å². The number of hydrogen-bond acceptors (Lipinski definition) is 3. The Hall–Kier alpha value is -1.88. The molecule has 1 fully saturated rings. The smallest absolute Gasteiger partial charge is 0.244 e. The van der Waals surface area contributed by atoms with Crippen molar-refractivity contribution in [2.45, 2.75) is 24.8 Å². The fourth-order valence-corrected chi connectivity index (χ4v) is 2.06. The maximum absolute atomic E-state index is 11.9. The molecule has 0 saturated heterocycles.